The minimum absolute atomic E-state index is 0.544. The molecule has 0 radical (unpaired) electrons. The second-order valence-electron chi connectivity index (χ2n) is 2.03. The zero-order valence-corrected chi connectivity index (χ0v) is 9.67. The maximum atomic E-state index is 5.32. The third-order valence-corrected chi connectivity index (χ3v) is 1.85. The highest BCUT2D eigenvalue weighted by Gasteiger charge is 1.95. The van der Waals surface area contributed by atoms with Gasteiger partial charge in [0.25, 0.3) is 0 Å². The van der Waals surface area contributed by atoms with Crippen LogP contribution in [0.2, 0.25) is 0 Å². The van der Waals surface area contributed by atoms with Crippen molar-refractivity contribution in [2.75, 3.05) is 6.61 Å². The average molecular weight is 243 g/mol. The van der Waals surface area contributed by atoms with Gasteiger partial charge in [0.2, 0.25) is 0 Å². The highest BCUT2D eigenvalue weighted by Crippen LogP contribution is 2.23. The fourth-order valence-electron chi connectivity index (χ4n) is 0.710. The molecule has 0 aliphatic rings. The fraction of sp³-hybridized carbons (Fsp3) is 0.273. The van der Waals surface area contributed by atoms with Gasteiger partial charge in [-0.1, -0.05) is 38.6 Å². The Bertz CT molecular complexity index is 246. The second-order valence-corrected chi connectivity index (χ2v) is 2.88. The Morgan fingerprint density at radius 3 is 2.54 bits per heavy atom. The summed E-state index contributed by atoms with van der Waals surface area (Å²) in [6, 6.07) is 7.74. The first kappa shape index (κ1) is 12.2. The topological polar surface area (TPSA) is 9.23 Å². The van der Waals surface area contributed by atoms with Crippen molar-refractivity contribution in [1.29, 1.82) is 0 Å². The number of halogens is 1. The zero-order valence-electron chi connectivity index (χ0n) is 8.09. The van der Waals surface area contributed by atoms with E-state index in [0.717, 1.165) is 10.2 Å². The first-order valence-corrected chi connectivity index (χ1v) is 5.12. The third-order valence-electron chi connectivity index (χ3n) is 1.19. The lowest BCUT2D eigenvalue weighted by molar-refractivity contribution is 0.361. The average Bonchev–Trinajstić information content (AvgIpc) is 2.20. The molecule has 0 aliphatic carbocycles. The lowest BCUT2D eigenvalue weighted by Crippen LogP contribution is -1.92. The zero-order chi connectivity index (χ0) is 10.1. The van der Waals surface area contributed by atoms with E-state index in [1.807, 2.05) is 38.1 Å². The Hall–Kier alpha value is -0.760. The van der Waals surface area contributed by atoms with Crippen molar-refractivity contribution in [3.8, 4) is 5.75 Å². The minimum atomic E-state index is 0.544. The summed E-state index contributed by atoms with van der Waals surface area (Å²) in [4.78, 5) is 0. The molecule has 0 aromatic heterocycles. The van der Waals surface area contributed by atoms with Gasteiger partial charge in [-0.25, -0.2) is 0 Å². The minimum Gasteiger partial charge on any atom is -0.488 e. The molecule has 1 aromatic rings. The van der Waals surface area contributed by atoms with Crippen LogP contribution >= 0.6 is 15.9 Å². The largest absolute Gasteiger partial charge is 0.488 e. The van der Waals surface area contributed by atoms with E-state index in [1.165, 1.54) is 0 Å². The van der Waals surface area contributed by atoms with E-state index in [0.29, 0.717) is 6.61 Å². The number of rotatable bonds is 3. The molecule has 0 aliphatic heterocycles. The molecule has 0 bridgehead atoms. The third kappa shape index (κ3) is 4.73. The Morgan fingerprint density at radius 2 is 2.00 bits per heavy atom. The molecular weight excluding hydrogens is 228 g/mol. The molecule has 0 amide bonds. The van der Waals surface area contributed by atoms with Crippen molar-refractivity contribution in [1.82, 2.24) is 0 Å². The van der Waals surface area contributed by atoms with Gasteiger partial charge >= 0.3 is 0 Å². The van der Waals surface area contributed by atoms with E-state index in [9.17, 15) is 0 Å². The summed E-state index contributed by atoms with van der Waals surface area (Å²) < 4.78 is 6.29. The van der Waals surface area contributed by atoms with E-state index < -0.39 is 0 Å². The number of hydrogen-bond donors (Lipinski definition) is 0. The highest BCUT2D eigenvalue weighted by atomic mass is 79.9. The molecule has 0 atom stereocenters. The van der Waals surface area contributed by atoms with E-state index in [4.69, 9.17) is 4.74 Å². The van der Waals surface area contributed by atoms with Crippen molar-refractivity contribution >= 4 is 15.9 Å². The van der Waals surface area contributed by atoms with Crippen LogP contribution < -0.4 is 4.74 Å². The second kappa shape index (κ2) is 7.87. The molecule has 1 rings (SSSR count). The summed E-state index contributed by atoms with van der Waals surface area (Å²) in [5, 5.41) is 0. The summed E-state index contributed by atoms with van der Waals surface area (Å²) in [5.74, 6) is 0.854. The van der Waals surface area contributed by atoms with Gasteiger partial charge in [0.05, 0.1) is 4.47 Å². The van der Waals surface area contributed by atoms with E-state index in [-0.39, 0.29) is 0 Å². The molecule has 0 spiro atoms. The van der Waals surface area contributed by atoms with Gasteiger partial charge in [0, 0.05) is 0 Å². The van der Waals surface area contributed by atoms with Gasteiger partial charge < -0.3 is 4.74 Å². The number of ether oxygens (including phenoxy) is 1. The molecule has 0 saturated carbocycles. The van der Waals surface area contributed by atoms with Crippen molar-refractivity contribution < 1.29 is 4.74 Å². The number of benzene rings is 1. The molecule has 0 fully saturated rings. The van der Waals surface area contributed by atoms with E-state index in [1.54, 1.807) is 6.08 Å². The Morgan fingerprint density at radius 1 is 1.38 bits per heavy atom. The van der Waals surface area contributed by atoms with Crippen LogP contribution in [-0.4, -0.2) is 6.61 Å². The molecule has 0 saturated heterocycles. The summed E-state index contributed by atoms with van der Waals surface area (Å²) in [5.41, 5.74) is 0. The molecular formula is C11H15BrO. The van der Waals surface area contributed by atoms with Crippen LogP contribution in [0.4, 0.5) is 0 Å². The lowest BCUT2D eigenvalue weighted by Gasteiger charge is -2.03. The molecule has 1 aromatic carbocycles. The summed E-state index contributed by atoms with van der Waals surface area (Å²) in [6.07, 6.45) is 1.72. The quantitative estimate of drug-likeness (QED) is 0.728. The number of hydrogen-bond acceptors (Lipinski definition) is 1. The van der Waals surface area contributed by atoms with Crippen molar-refractivity contribution in [3.63, 3.8) is 0 Å². The van der Waals surface area contributed by atoms with Crippen LogP contribution in [0.1, 0.15) is 13.8 Å². The number of para-hydroxylation sites is 1. The van der Waals surface area contributed by atoms with Crippen LogP contribution in [0.15, 0.2) is 41.4 Å². The van der Waals surface area contributed by atoms with Crippen molar-refractivity contribution in [2.45, 2.75) is 13.8 Å². The SMILES string of the molecule is C=CCOc1ccccc1Br.CC. The Kier molecular flexibility index (Phi) is 7.41. The molecule has 13 heavy (non-hydrogen) atoms. The monoisotopic (exact) mass is 242 g/mol. The van der Waals surface area contributed by atoms with Crippen LogP contribution in [0.5, 0.6) is 5.75 Å². The Labute approximate surface area is 88.6 Å². The summed E-state index contributed by atoms with van der Waals surface area (Å²) in [6.45, 7) is 8.11. The van der Waals surface area contributed by atoms with Crippen LogP contribution in [0.25, 0.3) is 0 Å². The molecule has 2 heteroatoms. The lowest BCUT2D eigenvalue weighted by atomic mass is 10.3. The smallest absolute Gasteiger partial charge is 0.133 e. The van der Waals surface area contributed by atoms with Crippen LogP contribution in [0, 0.1) is 0 Å². The Balaban J connectivity index is 0.000000671. The van der Waals surface area contributed by atoms with Gasteiger partial charge in [-0.05, 0) is 28.1 Å². The van der Waals surface area contributed by atoms with Gasteiger partial charge in [0.15, 0.2) is 0 Å². The van der Waals surface area contributed by atoms with Gasteiger partial charge in [-0.3, -0.25) is 0 Å². The first-order valence-electron chi connectivity index (χ1n) is 4.33. The van der Waals surface area contributed by atoms with E-state index >= 15 is 0 Å². The predicted molar refractivity (Wildman–Crippen MR) is 61.2 cm³/mol. The van der Waals surface area contributed by atoms with Gasteiger partial charge in [-0.2, -0.15) is 0 Å². The molecule has 1 nitrogen and oxygen atoms in total. The standard InChI is InChI=1S/C9H9BrO.C2H6/c1-2-7-11-9-6-4-3-5-8(9)10;1-2/h2-6H,1,7H2;1-2H3. The summed E-state index contributed by atoms with van der Waals surface area (Å²) >= 11 is 3.37. The molecule has 0 unspecified atom stereocenters. The normalized spacial score (nSPS) is 8.23. The maximum Gasteiger partial charge on any atom is 0.133 e. The van der Waals surface area contributed by atoms with Gasteiger partial charge in [-0.15, -0.1) is 0 Å². The van der Waals surface area contributed by atoms with Crippen LogP contribution in [-0.2, 0) is 0 Å². The van der Waals surface area contributed by atoms with Crippen molar-refractivity contribution in [3.05, 3.63) is 41.4 Å². The first-order chi connectivity index (χ1) is 6.34. The fourth-order valence-corrected chi connectivity index (χ4v) is 1.11. The van der Waals surface area contributed by atoms with Gasteiger partial charge in [0.1, 0.15) is 12.4 Å². The summed E-state index contributed by atoms with van der Waals surface area (Å²) in [7, 11) is 0. The van der Waals surface area contributed by atoms with E-state index in [2.05, 4.69) is 22.5 Å². The molecule has 72 valence electrons. The molecule has 0 heterocycles. The maximum absolute atomic E-state index is 5.32. The van der Waals surface area contributed by atoms with Crippen LogP contribution in [0.3, 0.4) is 0 Å². The van der Waals surface area contributed by atoms with Crippen molar-refractivity contribution in [2.24, 2.45) is 0 Å². The molecule has 0 N–H and O–H groups in total. The predicted octanol–water partition coefficient (Wildman–Crippen LogP) is 4.04. The highest BCUT2D eigenvalue weighted by molar-refractivity contribution is 9.10.